The molecule has 1 fully saturated rings. The molecular weight excluding hydrogens is 352 g/mol. The van der Waals surface area contributed by atoms with Crippen LogP contribution in [0.5, 0.6) is 0 Å². The number of piperazine rings is 1. The molecule has 1 amide bonds. The van der Waals surface area contributed by atoms with Crippen LogP contribution < -0.4 is 0 Å². The Bertz CT molecular complexity index is 909. The van der Waals surface area contributed by atoms with Gasteiger partial charge in [-0.05, 0) is 49.2 Å². The predicted molar refractivity (Wildman–Crippen MR) is 98.7 cm³/mol. The number of hydrogen-bond donors (Lipinski definition) is 0. The lowest BCUT2D eigenvalue weighted by Crippen LogP contribution is -2.50. The molecule has 26 heavy (non-hydrogen) atoms. The Labute approximate surface area is 154 Å². The molecule has 3 rings (SSSR count). The van der Waals surface area contributed by atoms with Crippen LogP contribution in [0.25, 0.3) is 0 Å². The van der Waals surface area contributed by atoms with Gasteiger partial charge in [0, 0.05) is 32.6 Å². The van der Waals surface area contributed by atoms with E-state index in [1.54, 1.807) is 29.2 Å². The Morgan fingerprint density at radius 3 is 2.31 bits per heavy atom. The molecule has 140 valence electrons. The third-order valence-electron chi connectivity index (χ3n) is 4.86. The summed E-state index contributed by atoms with van der Waals surface area (Å²) >= 11 is 0. The maximum absolute atomic E-state index is 12.8. The molecule has 0 radical (unpaired) electrons. The van der Waals surface area contributed by atoms with Gasteiger partial charge in [0.1, 0.15) is 5.76 Å². The molecule has 2 heterocycles. The monoisotopic (exact) mass is 376 g/mol. The summed E-state index contributed by atoms with van der Waals surface area (Å²) in [5, 5.41) is 0. The molecule has 0 spiro atoms. The lowest BCUT2D eigenvalue weighted by molar-refractivity contribution is 0.0664. The first-order valence-electron chi connectivity index (χ1n) is 8.78. The van der Waals surface area contributed by atoms with Crippen molar-refractivity contribution in [3.05, 3.63) is 53.0 Å². The van der Waals surface area contributed by atoms with E-state index >= 15 is 0 Å². The smallest absolute Gasteiger partial charge is 0.289 e. The highest BCUT2D eigenvalue weighted by Gasteiger charge is 2.31. The Hall–Kier alpha value is -2.12. The lowest BCUT2D eigenvalue weighted by Gasteiger charge is -2.33. The van der Waals surface area contributed by atoms with Crippen LogP contribution >= 0.6 is 0 Å². The first kappa shape index (κ1) is 18.7. The van der Waals surface area contributed by atoms with Crippen LogP contribution in [-0.2, 0) is 16.4 Å². The fraction of sp³-hybridized carbons (Fsp3) is 0.421. The zero-order chi connectivity index (χ0) is 18.9. The molecule has 0 atom stereocenters. The number of sulfonamides is 1. The molecule has 0 N–H and O–H groups in total. The Kier molecular flexibility index (Phi) is 5.20. The van der Waals surface area contributed by atoms with Gasteiger partial charge in [0.05, 0.1) is 4.90 Å². The Balaban J connectivity index is 1.69. The minimum Gasteiger partial charge on any atom is -0.456 e. The van der Waals surface area contributed by atoms with Crippen molar-refractivity contribution >= 4 is 15.9 Å². The molecular formula is C19H24N2O4S. The minimum absolute atomic E-state index is 0.187. The first-order chi connectivity index (χ1) is 12.3. The molecule has 7 heteroatoms. The van der Waals surface area contributed by atoms with Crippen LogP contribution in [0, 0.1) is 13.8 Å². The summed E-state index contributed by atoms with van der Waals surface area (Å²) in [6.07, 6.45) is 0.731. The average molecular weight is 376 g/mol. The second-order valence-corrected chi connectivity index (χ2v) is 8.50. The molecule has 6 nitrogen and oxygen atoms in total. The Morgan fingerprint density at radius 2 is 1.73 bits per heavy atom. The summed E-state index contributed by atoms with van der Waals surface area (Å²) in [4.78, 5) is 14.4. The molecule has 0 aliphatic carbocycles. The van der Waals surface area contributed by atoms with E-state index in [1.165, 1.54) is 4.31 Å². The number of amides is 1. The van der Waals surface area contributed by atoms with Crippen molar-refractivity contribution < 1.29 is 17.6 Å². The first-order valence-corrected chi connectivity index (χ1v) is 10.2. The Morgan fingerprint density at radius 1 is 1.04 bits per heavy atom. The third-order valence-corrected chi connectivity index (χ3v) is 6.76. The maximum Gasteiger partial charge on any atom is 0.289 e. The van der Waals surface area contributed by atoms with E-state index in [0.29, 0.717) is 23.7 Å². The maximum atomic E-state index is 12.8. The van der Waals surface area contributed by atoms with Gasteiger partial charge >= 0.3 is 0 Å². The van der Waals surface area contributed by atoms with Crippen molar-refractivity contribution in [3.8, 4) is 0 Å². The van der Waals surface area contributed by atoms with Crippen molar-refractivity contribution in [1.82, 2.24) is 9.21 Å². The van der Waals surface area contributed by atoms with Crippen molar-refractivity contribution in [2.75, 3.05) is 26.2 Å². The van der Waals surface area contributed by atoms with Gasteiger partial charge in [-0.2, -0.15) is 4.31 Å². The molecule has 1 saturated heterocycles. The van der Waals surface area contributed by atoms with Crippen LogP contribution in [0.2, 0.25) is 0 Å². The number of aryl methyl sites for hydroxylation is 3. The normalized spacial score (nSPS) is 16.0. The van der Waals surface area contributed by atoms with E-state index in [9.17, 15) is 13.2 Å². The highest BCUT2D eigenvalue weighted by atomic mass is 32.2. The summed E-state index contributed by atoms with van der Waals surface area (Å²) in [7, 11) is -3.54. The summed E-state index contributed by atoms with van der Waals surface area (Å²) in [6, 6.07) is 8.65. The van der Waals surface area contributed by atoms with E-state index in [1.807, 2.05) is 26.8 Å². The zero-order valence-corrected chi connectivity index (χ0v) is 16.2. The van der Waals surface area contributed by atoms with Crippen molar-refractivity contribution in [2.24, 2.45) is 0 Å². The van der Waals surface area contributed by atoms with Crippen LogP contribution in [-0.4, -0.2) is 49.7 Å². The van der Waals surface area contributed by atoms with Crippen LogP contribution in [0.15, 0.2) is 39.6 Å². The van der Waals surface area contributed by atoms with E-state index in [4.69, 9.17) is 4.42 Å². The summed E-state index contributed by atoms with van der Waals surface area (Å²) in [5.74, 6) is 0.893. The summed E-state index contributed by atoms with van der Waals surface area (Å²) < 4.78 is 32.6. The summed E-state index contributed by atoms with van der Waals surface area (Å²) in [5.41, 5.74) is 2.01. The molecule has 1 aromatic carbocycles. The number of furan rings is 1. The van der Waals surface area contributed by atoms with E-state index < -0.39 is 10.0 Å². The number of carbonyl (C=O) groups is 1. The molecule has 1 aromatic heterocycles. The van der Waals surface area contributed by atoms with Gasteiger partial charge in [-0.1, -0.05) is 13.0 Å². The fourth-order valence-corrected chi connectivity index (χ4v) is 4.50. The summed E-state index contributed by atoms with van der Waals surface area (Å²) in [6.45, 7) is 7.08. The van der Waals surface area contributed by atoms with Gasteiger partial charge in [0.25, 0.3) is 5.91 Å². The molecule has 2 aromatic rings. The molecule has 1 aliphatic heterocycles. The van der Waals surface area contributed by atoms with Crippen LogP contribution in [0.1, 0.15) is 34.4 Å². The van der Waals surface area contributed by atoms with Gasteiger partial charge in [0.15, 0.2) is 5.76 Å². The largest absolute Gasteiger partial charge is 0.456 e. The van der Waals surface area contributed by atoms with Crippen molar-refractivity contribution in [2.45, 2.75) is 32.1 Å². The molecule has 0 bridgehead atoms. The fourth-order valence-electron chi connectivity index (χ4n) is 2.99. The van der Waals surface area contributed by atoms with Crippen molar-refractivity contribution in [3.63, 3.8) is 0 Å². The number of hydrogen-bond acceptors (Lipinski definition) is 4. The second-order valence-electron chi connectivity index (χ2n) is 6.56. The number of rotatable bonds is 4. The SMILES string of the molecule is CCc1ccc(C(=O)N2CCN(S(=O)(=O)c3ccc(C)c(C)c3)CC2)o1. The lowest BCUT2D eigenvalue weighted by atomic mass is 10.1. The van der Waals surface area contributed by atoms with Crippen molar-refractivity contribution in [1.29, 1.82) is 0 Å². The highest BCUT2D eigenvalue weighted by Crippen LogP contribution is 2.21. The third kappa shape index (κ3) is 3.54. The van der Waals surface area contributed by atoms with E-state index in [-0.39, 0.29) is 19.0 Å². The quantitative estimate of drug-likeness (QED) is 0.822. The number of carbonyl (C=O) groups excluding carboxylic acids is 1. The number of nitrogens with zero attached hydrogens (tertiary/aromatic N) is 2. The van der Waals surface area contributed by atoms with Gasteiger partial charge in [0.2, 0.25) is 10.0 Å². The molecule has 0 saturated carbocycles. The van der Waals surface area contributed by atoms with Crippen LogP contribution in [0.3, 0.4) is 0 Å². The zero-order valence-electron chi connectivity index (χ0n) is 15.4. The predicted octanol–water partition coefficient (Wildman–Crippen LogP) is 2.61. The topological polar surface area (TPSA) is 70.8 Å². The minimum atomic E-state index is -3.54. The van der Waals surface area contributed by atoms with Gasteiger partial charge in [-0.25, -0.2) is 8.42 Å². The van der Waals surface area contributed by atoms with E-state index in [0.717, 1.165) is 23.3 Å². The van der Waals surface area contributed by atoms with Gasteiger partial charge < -0.3 is 9.32 Å². The highest BCUT2D eigenvalue weighted by molar-refractivity contribution is 7.89. The average Bonchev–Trinajstić information content (AvgIpc) is 3.12. The van der Waals surface area contributed by atoms with Gasteiger partial charge in [-0.15, -0.1) is 0 Å². The van der Waals surface area contributed by atoms with E-state index in [2.05, 4.69) is 0 Å². The molecule has 0 unspecified atom stereocenters. The number of benzene rings is 1. The second kappa shape index (κ2) is 7.25. The van der Waals surface area contributed by atoms with Gasteiger partial charge in [-0.3, -0.25) is 4.79 Å². The standard InChI is InChI=1S/C19H24N2O4S/c1-4-16-6-8-18(25-16)19(22)20-9-11-21(12-10-20)26(23,24)17-7-5-14(2)15(3)13-17/h5-8,13H,4,9-12H2,1-3H3. The molecule has 1 aliphatic rings. The van der Waals surface area contributed by atoms with Crippen LogP contribution in [0.4, 0.5) is 0 Å².